The highest BCUT2D eigenvalue weighted by molar-refractivity contribution is 7.89. The molecule has 1 saturated heterocycles. The van der Waals surface area contributed by atoms with Crippen LogP contribution in [0.5, 0.6) is 0 Å². The van der Waals surface area contributed by atoms with Crippen molar-refractivity contribution in [2.45, 2.75) is 49.7 Å². The Bertz CT molecular complexity index is 1090. The van der Waals surface area contributed by atoms with Gasteiger partial charge in [0.05, 0.1) is 20.9 Å². The van der Waals surface area contributed by atoms with Gasteiger partial charge in [0, 0.05) is 31.7 Å². The summed E-state index contributed by atoms with van der Waals surface area (Å²) in [6.07, 6.45) is 2.38. The maximum atomic E-state index is 13.4. The Morgan fingerprint density at radius 3 is 2.53 bits per heavy atom. The van der Waals surface area contributed by atoms with Gasteiger partial charge in [-0.05, 0) is 49.9 Å². The third kappa shape index (κ3) is 5.46. The molecule has 2 fully saturated rings. The average Bonchev–Trinajstić information content (AvgIpc) is 3.60. The van der Waals surface area contributed by atoms with Crippen LogP contribution in [0.25, 0.3) is 0 Å². The van der Waals surface area contributed by atoms with Gasteiger partial charge in [0.15, 0.2) is 0 Å². The summed E-state index contributed by atoms with van der Waals surface area (Å²) in [5.41, 5.74) is 1.81. The Morgan fingerprint density at radius 1 is 1.12 bits per heavy atom. The smallest absolute Gasteiger partial charge is 0.240 e. The van der Waals surface area contributed by atoms with E-state index in [4.69, 9.17) is 23.2 Å². The zero-order valence-electron chi connectivity index (χ0n) is 17.9. The lowest BCUT2D eigenvalue weighted by Crippen LogP contribution is -2.53. The topological polar surface area (TPSA) is 78.5 Å². The third-order valence-electron chi connectivity index (χ3n) is 6.00. The van der Waals surface area contributed by atoms with E-state index in [1.807, 2.05) is 24.0 Å². The standard InChI is InChI=1S/C23H27Cl2N3O3S/c1-15-5-9-20(10-6-15)32(30,31)27-18-11-17(12-26-13-18)23(29)28(19-7-8-19)14-16-3-2-4-21(24)22(16)25/h2-6,9-10,17-19,26-27H,7-8,11-14H2,1H3/t17-,18+/m1/s1. The van der Waals surface area contributed by atoms with Crippen molar-refractivity contribution >= 4 is 39.1 Å². The quantitative estimate of drug-likeness (QED) is 0.612. The van der Waals surface area contributed by atoms with Crippen LogP contribution >= 0.6 is 23.2 Å². The number of piperidine rings is 1. The minimum Gasteiger partial charge on any atom is -0.335 e. The first-order valence-electron chi connectivity index (χ1n) is 10.8. The molecule has 32 heavy (non-hydrogen) atoms. The zero-order valence-corrected chi connectivity index (χ0v) is 20.2. The number of rotatable bonds is 7. The number of hydrogen-bond donors (Lipinski definition) is 2. The van der Waals surface area contributed by atoms with E-state index >= 15 is 0 Å². The second kappa shape index (κ2) is 9.69. The number of nitrogens with zero attached hydrogens (tertiary/aromatic N) is 1. The Morgan fingerprint density at radius 2 is 1.84 bits per heavy atom. The molecule has 2 aromatic rings. The van der Waals surface area contributed by atoms with Crippen LogP contribution in [-0.2, 0) is 21.4 Å². The summed E-state index contributed by atoms with van der Waals surface area (Å²) in [6.45, 7) is 3.32. The second-order valence-corrected chi connectivity index (χ2v) is 11.1. The van der Waals surface area contributed by atoms with E-state index in [0.29, 0.717) is 36.1 Å². The summed E-state index contributed by atoms with van der Waals surface area (Å²) in [5.74, 6) is -0.289. The Labute approximate surface area is 199 Å². The Hall–Kier alpha value is -1.64. The molecule has 2 N–H and O–H groups in total. The summed E-state index contributed by atoms with van der Waals surface area (Å²) in [6, 6.07) is 12.0. The molecule has 6 nitrogen and oxygen atoms in total. The number of benzene rings is 2. The average molecular weight is 496 g/mol. The van der Waals surface area contributed by atoms with E-state index < -0.39 is 10.0 Å². The number of halogens is 2. The van der Waals surface area contributed by atoms with Crippen molar-refractivity contribution in [3.8, 4) is 0 Å². The lowest BCUT2D eigenvalue weighted by Gasteiger charge is -2.34. The van der Waals surface area contributed by atoms with Crippen LogP contribution in [0.2, 0.25) is 10.0 Å². The van der Waals surface area contributed by atoms with Crippen molar-refractivity contribution in [3.63, 3.8) is 0 Å². The predicted octanol–water partition coefficient (Wildman–Crippen LogP) is 3.75. The molecular weight excluding hydrogens is 469 g/mol. The highest BCUT2D eigenvalue weighted by atomic mass is 35.5. The third-order valence-corrected chi connectivity index (χ3v) is 8.39. The Balaban J connectivity index is 1.45. The van der Waals surface area contributed by atoms with Crippen LogP contribution in [-0.4, -0.2) is 44.4 Å². The van der Waals surface area contributed by atoms with E-state index in [1.54, 1.807) is 30.3 Å². The molecule has 1 aliphatic heterocycles. The molecule has 1 heterocycles. The van der Waals surface area contributed by atoms with Crippen molar-refractivity contribution in [2.24, 2.45) is 5.92 Å². The first-order chi connectivity index (χ1) is 15.2. The van der Waals surface area contributed by atoms with Gasteiger partial charge in [0.1, 0.15) is 0 Å². The molecule has 0 unspecified atom stereocenters. The Kier molecular flexibility index (Phi) is 7.12. The van der Waals surface area contributed by atoms with Crippen LogP contribution in [0.15, 0.2) is 47.4 Å². The van der Waals surface area contributed by atoms with Gasteiger partial charge in [0.25, 0.3) is 0 Å². The number of sulfonamides is 1. The van der Waals surface area contributed by atoms with Crippen LogP contribution in [0, 0.1) is 12.8 Å². The largest absolute Gasteiger partial charge is 0.335 e. The fourth-order valence-corrected chi connectivity index (χ4v) is 5.72. The van der Waals surface area contributed by atoms with Crippen LogP contribution < -0.4 is 10.0 Å². The fourth-order valence-electron chi connectivity index (χ4n) is 4.09. The van der Waals surface area contributed by atoms with Gasteiger partial charge >= 0.3 is 0 Å². The summed E-state index contributed by atoms with van der Waals surface area (Å²) in [7, 11) is -3.66. The normalized spacial score (nSPS) is 21.3. The molecule has 1 aliphatic carbocycles. The van der Waals surface area contributed by atoms with Crippen molar-refractivity contribution in [3.05, 3.63) is 63.6 Å². The lowest BCUT2D eigenvalue weighted by molar-refractivity contribution is -0.137. The predicted molar refractivity (Wildman–Crippen MR) is 126 cm³/mol. The molecule has 2 aromatic carbocycles. The number of amides is 1. The second-order valence-electron chi connectivity index (χ2n) is 8.63. The van der Waals surface area contributed by atoms with E-state index in [0.717, 1.165) is 24.0 Å². The number of carbonyl (C=O) groups excluding carboxylic acids is 1. The molecule has 2 aliphatic rings. The van der Waals surface area contributed by atoms with Gasteiger partial charge in [-0.2, -0.15) is 0 Å². The molecule has 0 spiro atoms. The van der Waals surface area contributed by atoms with Crippen molar-refractivity contribution in [1.29, 1.82) is 0 Å². The van der Waals surface area contributed by atoms with Gasteiger partial charge in [-0.25, -0.2) is 13.1 Å². The number of nitrogens with one attached hydrogen (secondary N) is 2. The molecule has 1 amide bonds. The van der Waals surface area contributed by atoms with Gasteiger partial charge in [-0.15, -0.1) is 0 Å². The summed E-state index contributed by atoms with van der Waals surface area (Å²) in [5, 5.41) is 4.17. The van der Waals surface area contributed by atoms with E-state index in [1.165, 1.54) is 0 Å². The molecule has 0 radical (unpaired) electrons. The van der Waals surface area contributed by atoms with E-state index in [2.05, 4.69) is 10.0 Å². The van der Waals surface area contributed by atoms with Crippen LogP contribution in [0.1, 0.15) is 30.4 Å². The minimum atomic E-state index is -3.66. The summed E-state index contributed by atoms with van der Waals surface area (Å²) < 4.78 is 28.3. The monoisotopic (exact) mass is 495 g/mol. The minimum absolute atomic E-state index is 0.0234. The van der Waals surface area contributed by atoms with Crippen molar-refractivity contribution < 1.29 is 13.2 Å². The van der Waals surface area contributed by atoms with Crippen molar-refractivity contribution in [2.75, 3.05) is 13.1 Å². The summed E-state index contributed by atoms with van der Waals surface area (Å²) in [4.78, 5) is 15.5. The highest BCUT2D eigenvalue weighted by Crippen LogP contribution is 2.33. The zero-order chi connectivity index (χ0) is 22.9. The van der Waals surface area contributed by atoms with Gasteiger partial charge in [-0.1, -0.05) is 53.0 Å². The van der Waals surface area contributed by atoms with Crippen LogP contribution in [0.3, 0.4) is 0 Å². The van der Waals surface area contributed by atoms with E-state index in [9.17, 15) is 13.2 Å². The van der Waals surface area contributed by atoms with Gasteiger partial charge in [-0.3, -0.25) is 4.79 Å². The van der Waals surface area contributed by atoms with Crippen LogP contribution in [0.4, 0.5) is 0 Å². The molecule has 1 saturated carbocycles. The molecular formula is C23H27Cl2N3O3S. The maximum Gasteiger partial charge on any atom is 0.240 e. The van der Waals surface area contributed by atoms with Crippen molar-refractivity contribution in [1.82, 2.24) is 14.9 Å². The molecule has 0 bridgehead atoms. The molecule has 2 atom stereocenters. The SMILES string of the molecule is Cc1ccc(S(=O)(=O)N[C@@H]2CNC[C@H](C(=O)N(Cc3cccc(Cl)c3Cl)C3CC3)C2)cc1. The maximum absolute atomic E-state index is 13.4. The molecule has 9 heteroatoms. The highest BCUT2D eigenvalue weighted by Gasteiger charge is 2.38. The summed E-state index contributed by atoms with van der Waals surface area (Å²) >= 11 is 12.5. The lowest BCUT2D eigenvalue weighted by atomic mass is 9.94. The number of carbonyl (C=O) groups is 1. The first kappa shape index (κ1) is 23.5. The van der Waals surface area contributed by atoms with Gasteiger partial charge in [0.2, 0.25) is 15.9 Å². The number of aryl methyl sites for hydroxylation is 1. The molecule has 0 aromatic heterocycles. The van der Waals surface area contributed by atoms with E-state index in [-0.39, 0.29) is 28.8 Å². The van der Waals surface area contributed by atoms with Gasteiger partial charge < -0.3 is 10.2 Å². The molecule has 4 rings (SSSR count). The molecule has 172 valence electrons. The number of hydrogen-bond acceptors (Lipinski definition) is 4. The fraction of sp³-hybridized carbons (Fsp3) is 0.435. The first-order valence-corrected chi connectivity index (χ1v) is 13.0.